The van der Waals surface area contributed by atoms with Crippen LogP contribution >= 0.6 is 0 Å². The van der Waals surface area contributed by atoms with Crippen LogP contribution < -0.4 is 0 Å². The van der Waals surface area contributed by atoms with Gasteiger partial charge in [-0.15, -0.1) is 0 Å². The molecule has 0 aromatic carbocycles. The molecule has 2 N–H and O–H groups in total. The van der Waals surface area contributed by atoms with Gasteiger partial charge in [-0.25, -0.2) is 9.97 Å². The second kappa shape index (κ2) is 8.94. The van der Waals surface area contributed by atoms with Gasteiger partial charge in [-0.3, -0.25) is 4.98 Å². The third-order valence-corrected chi connectivity index (χ3v) is 6.19. The molecular weight excluding hydrogens is 418 g/mol. The maximum absolute atomic E-state index is 4.62. The van der Waals surface area contributed by atoms with E-state index in [0.29, 0.717) is 0 Å². The Morgan fingerprint density at radius 2 is 0.971 bits per heavy atom. The van der Waals surface area contributed by atoms with Gasteiger partial charge in [0.1, 0.15) is 0 Å². The minimum absolute atomic E-state index is 0.915. The Morgan fingerprint density at radius 1 is 0.529 bits per heavy atom. The predicted molar refractivity (Wildman–Crippen MR) is 142 cm³/mol. The van der Waals surface area contributed by atoms with E-state index >= 15 is 0 Å². The number of aromatic amines is 2. The summed E-state index contributed by atoms with van der Waals surface area (Å²) in [6.07, 6.45) is 9.98. The van der Waals surface area contributed by atoms with Crippen molar-refractivity contribution in [3.05, 3.63) is 99.9 Å². The summed E-state index contributed by atoms with van der Waals surface area (Å²) in [6, 6.07) is 16.4. The quantitative estimate of drug-likeness (QED) is 0.265. The molecule has 168 valence electrons. The van der Waals surface area contributed by atoms with Gasteiger partial charge < -0.3 is 9.97 Å². The Balaban J connectivity index is 0.000000204. The van der Waals surface area contributed by atoms with E-state index in [1.807, 2.05) is 55.6 Å². The van der Waals surface area contributed by atoms with E-state index in [1.165, 1.54) is 16.7 Å². The van der Waals surface area contributed by atoms with Gasteiger partial charge >= 0.3 is 0 Å². The second-order valence-corrected chi connectivity index (χ2v) is 8.68. The number of pyridine rings is 1. The molecule has 0 spiro atoms. The molecule has 2 aliphatic heterocycles. The van der Waals surface area contributed by atoms with E-state index in [4.69, 9.17) is 0 Å². The third-order valence-electron chi connectivity index (χ3n) is 6.19. The van der Waals surface area contributed by atoms with Crippen LogP contribution in [0.4, 0.5) is 0 Å². The summed E-state index contributed by atoms with van der Waals surface area (Å²) in [4.78, 5) is 20.3. The van der Waals surface area contributed by atoms with Crippen LogP contribution in [-0.2, 0) is 0 Å². The van der Waals surface area contributed by atoms with E-state index in [1.54, 1.807) is 0 Å². The van der Waals surface area contributed by atoms with Gasteiger partial charge in [0.05, 0.1) is 22.8 Å². The topological polar surface area (TPSA) is 70.2 Å². The number of rotatable bonds is 0. The van der Waals surface area contributed by atoms with Crippen LogP contribution in [0.5, 0.6) is 0 Å². The van der Waals surface area contributed by atoms with Gasteiger partial charge in [0, 0.05) is 34.0 Å². The monoisotopic (exact) mass is 445 g/mol. The highest BCUT2D eigenvalue weighted by Crippen LogP contribution is 2.17. The van der Waals surface area contributed by atoms with E-state index in [9.17, 15) is 0 Å². The molecule has 4 aromatic rings. The molecule has 0 amide bonds. The van der Waals surface area contributed by atoms with Crippen molar-refractivity contribution in [2.75, 3.05) is 0 Å². The first-order valence-electron chi connectivity index (χ1n) is 11.4. The number of aromatic nitrogens is 5. The summed E-state index contributed by atoms with van der Waals surface area (Å²) in [5, 5.41) is 0. The predicted octanol–water partition coefficient (Wildman–Crippen LogP) is 6.97. The molecule has 5 heteroatoms. The number of nitrogens with zero attached hydrogens (tertiary/aromatic N) is 3. The first kappa shape index (κ1) is 21.6. The molecular formula is C29H27N5. The number of aryl methyl sites for hydroxylation is 2. The highest BCUT2D eigenvalue weighted by Gasteiger charge is 2.02. The Hall–Kier alpha value is -4.25. The average Bonchev–Trinajstić information content (AvgIpc) is 3.61. The molecule has 0 aliphatic carbocycles. The highest BCUT2D eigenvalue weighted by atomic mass is 14.8. The molecule has 8 bridgehead atoms. The van der Waals surface area contributed by atoms with Crippen LogP contribution in [0.2, 0.25) is 0 Å². The fourth-order valence-electron chi connectivity index (χ4n) is 3.90. The minimum Gasteiger partial charge on any atom is -0.355 e. The van der Waals surface area contributed by atoms with Gasteiger partial charge in [0.15, 0.2) is 0 Å². The number of hydrogen-bond acceptors (Lipinski definition) is 3. The zero-order valence-electron chi connectivity index (χ0n) is 19.8. The standard InChI is InChI=1S/C20H14N4.C9H13N/c1-2-14-10-16-5-6-18(23-16)12-20-8-7-19(24-20)11-17-4-3-15(22-17)9-13(1)21-14;1-6-5-10-9(4)8(3)7(6)2/h1-12,21-22H;5H,1-4H3. The molecule has 0 saturated heterocycles. The van der Waals surface area contributed by atoms with Crippen molar-refractivity contribution in [3.63, 3.8) is 0 Å². The Kier molecular flexibility index (Phi) is 5.68. The van der Waals surface area contributed by atoms with E-state index in [-0.39, 0.29) is 0 Å². The van der Waals surface area contributed by atoms with Crippen LogP contribution in [0, 0.1) is 27.7 Å². The summed E-state index contributed by atoms with van der Waals surface area (Å²) < 4.78 is 0. The molecule has 34 heavy (non-hydrogen) atoms. The molecule has 0 saturated carbocycles. The highest BCUT2D eigenvalue weighted by molar-refractivity contribution is 5.77. The largest absolute Gasteiger partial charge is 0.355 e. The molecule has 0 unspecified atom stereocenters. The maximum Gasteiger partial charge on any atom is 0.0659 e. The lowest BCUT2D eigenvalue weighted by molar-refractivity contribution is 1.09. The second-order valence-electron chi connectivity index (χ2n) is 8.68. The lowest BCUT2D eigenvalue weighted by Crippen LogP contribution is -1.92. The van der Waals surface area contributed by atoms with E-state index in [2.05, 4.69) is 76.0 Å². The summed E-state index contributed by atoms with van der Waals surface area (Å²) in [6.45, 7) is 8.39. The Morgan fingerprint density at radius 3 is 1.44 bits per heavy atom. The minimum atomic E-state index is 0.915. The van der Waals surface area contributed by atoms with Crippen molar-refractivity contribution < 1.29 is 0 Å². The number of hydrogen-bond donors (Lipinski definition) is 2. The Bertz CT molecular complexity index is 1480. The lowest BCUT2D eigenvalue weighted by atomic mass is 10.1. The third kappa shape index (κ3) is 4.74. The smallest absolute Gasteiger partial charge is 0.0659 e. The van der Waals surface area contributed by atoms with Crippen LogP contribution in [-0.4, -0.2) is 24.9 Å². The van der Waals surface area contributed by atoms with Crippen molar-refractivity contribution in [3.8, 4) is 0 Å². The van der Waals surface area contributed by atoms with Crippen molar-refractivity contribution in [2.24, 2.45) is 0 Å². The van der Waals surface area contributed by atoms with Gasteiger partial charge in [0.2, 0.25) is 0 Å². The van der Waals surface area contributed by atoms with Gasteiger partial charge in [0.25, 0.3) is 0 Å². The summed E-state index contributed by atoms with van der Waals surface area (Å²) in [5.41, 5.74) is 13.0. The van der Waals surface area contributed by atoms with Crippen molar-refractivity contribution in [1.82, 2.24) is 24.9 Å². The lowest BCUT2D eigenvalue weighted by Gasteiger charge is -2.05. The van der Waals surface area contributed by atoms with Gasteiger partial charge in [-0.2, -0.15) is 0 Å². The van der Waals surface area contributed by atoms with Crippen LogP contribution in [0.25, 0.3) is 46.4 Å². The normalized spacial score (nSPS) is 11.9. The molecule has 6 rings (SSSR count). The average molecular weight is 446 g/mol. The zero-order chi connectivity index (χ0) is 23.7. The van der Waals surface area contributed by atoms with Gasteiger partial charge in [-0.1, -0.05) is 0 Å². The summed E-state index contributed by atoms with van der Waals surface area (Å²) in [7, 11) is 0. The molecule has 0 fully saturated rings. The SMILES string of the molecule is C1=Cc2cc3ccc(cc4ccc(cc5nc(cc1n2)C=C5)[nH]4)[nH]3.Cc1cnc(C)c(C)c1C. The molecule has 2 aliphatic rings. The molecule has 0 atom stereocenters. The molecule has 0 radical (unpaired) electrons. The maximum atomic E-state index is 4.62. The van der Waals surface area contributed by atoms with Crippen LogP contribution in [0.3, 0.4) is 0 Å². The first-order valence-corrected chi connectivity index (χ1v) is 11.4. The number of H-pyrrole nitrogens is 2. The zero-order valence-corrected chi connectivity index (χ0v) is 19.8. The van der Waals surface area contributed by atoms with Crippen LogP contribution in [0.1, 0.15) is 45.2 Å². The number of fused-ring (bicyclic) bond motifs is 8. The van der Waals surface area contributed by atoms with E-state index in [0.717, 1.165) is 50.5 Å². The van der Waals surface area contributed by atoms with Crippen LogP contribution in [0.15, 0.2) is 54.7 Å². The molecule has 4 aromatic heterocycles. The number of nitrogens with one attached hydrogen (secondary N) is 2. The van der Waals surface area contributed by atoms with Crippen molar-refractivity contribution in [2.45, 2.75) is 27.7 Å². The van der Waals surface area contributed by atoms with E-state index < -0.39 is 0 Å². The summed E-state index contributed by atoms with van der Waals surface area (Å²) >= 11 is 0. The molecule has 6 heterocycles. The summed E-state index contributed by atoms with van der Waals surface area (Å²) in [5.74, 6) is 0. The van der Waals surface area contributed by atoms with Crippen molar-refractivity contribution in [1.29, 1.82) is 0 Å². The fourth-order valence-corrected chi connectivity index (χ4v) is 3.90. The van der Waals surface area contributed by atoms with Crippen molar-refractivity contribution >= 4 is 46.4 Å². The fraction of sp³-hybridized carbons (Fsp3) is 0.138. The Labute approximate surface area is 199 Å². The molecule has 5 nitrogen and oxygen atoms in total. The first-order chi connectivity index (χ1) is 16.4. The van der Waals surface area contributed by atoms with Gasteiger partial charge in [-0.05, 0) is 117 Å².